The fourth-order valence-electron chi connectivity index (χ4n) is 4.04. The number of primary amides is 1. The molecule has 0 saturated heterocycles. The number of benzene rings is 1. The number of aryl methyl sites for hydroxylation is 1. The number of halogens is 1. The van der Waals surface area contributed by atoms with Crippen LogP contribution in [0.25, 0.3) is 10.9 Å². The van der Waals surface area contributed by atoms with E-state index in [1.807, 2.05) is 30.0 Å². The molecule has 2 atom stereocenters. The zero-order chi connectivity index (χ0) is 16.8. The number of nitrogens with zero attached hydrogens (tertiary/aromatic N) is 1. The first-order valence-electron chi connectivity index (χ1n) is 8.28. The van der Waals surface area contributed by atoms with E-state index >= 15 is 0 Å². The molecule has 2 unspecified atom stereocenters. The highest BCUT2D eigenvalue weighted by molar-refractivity contribution is 6.22. The van der Waals surface area contributed by atoms with Crippen LogP contribution in [0, 0.1) is 0 Å². The number of carbonyl (C=O) groups is 1. The fourth-order valence-corrected chi connectivity index (χ4v) is 4.35. The number of nitrogens with two attached hydrogens (primary N) is 1. The van der Waals surface area contributed by atoms with Crippen molar-refractivity contribution in [3.8, 4) is 0 Å². The summed E-state index contributed by atoms with van der Waals surface area (Å²) in [6.07, 6.45) is 6.85. The molecule has 124 valence electrons. The molecule has 2 heterocycles. The largest absolute Gasteiger partial charge is 0.364 e. The molecule has 2 aromatic rings. The highest BCUT2D eigenvalue weighted by Crippen LogP contribution is 2.42. The van der Waals surface area contributed by atoms with Gasteiger partial charge in [-0.3, -0.25) is 4.79 Å². The summed E-state index contributed by atoms with van der Waals surface area (Å²) in [5.41, 5.74) is 10.3. The summed E-state index contributed by atoms with van der Waals surface area (Å²) in [5, 5.41) is 1.26. The normalized spacial score (nSPS) is 23.7. The summed E-state index contributed by atoms with van der Waals surface area (Å²) in [7, 11) is 0. The predicted octanol–water partition coefficient (Wildman–Crippen LogP) is 3.74. The van der Waals surface area contributed by atoms with Gasteiger partial charge in [0, 0.05) is 16.6 Å². The second-order valence-corrected chi connectivity index (χ2v) is 6.95. The average molecular weight is 342 g/mol. The Hall–Kier alpha value is -2.20. The van der Waals surface area contributed by atoms with Crippen LogP contribution >= 0.6 is 11.6 Å². The summed E-state index contributed by atoms with van der Waals surface area (Å²) in [6, 6.07) is 8.37. The van der Waals surface area contributed by atoms with Crippen molar-refractivity contribution in [2.24, 2.45) is 5.73 Å². The standard InChI is InChI=1S/C19H20ClN3O/c1-11-9-10-16(20)23(18(11)19(21)24)15-8-4-6-13-12-5-2-3-7-14(12)22-17(13)15/h2-3,5,7,9-10,15-16,22H,4,6,8H2,1H3,(H2,21,24). The van der Waals surface area contributed by atoms with Crippen LogP contribution in [0.4, 0.5) is 0 Å². The number of alkyl halides is 1. The highest BCUT2D eigenvalue weighted by Gasteiger charge is 2.36. The van der Waals surface area contributed by atoms with Gasteiger partial charge in [0.05, 0.1) is 6.04 Å². The van der Waals surface area contributed by atoms with Gasteiger partial charge in [0.2, 0.25) is 0 Å². The number of rotatable bonds is 2. The van der Waals surface area contributed by atoms with Crippen molar-refractivity contribution in [1.82, 2.24) is 9.88 Å². The van der Waals surface area contributed by atoms with Crippen molar-refractivity contribution >= 4 is 28.4 Å². The quantitative estimate of drug-likeness (QED) is 0.645. The van der Waals surface area contributed by atoms with Crippen LogP contribution in [0.15, 0.2) is 47.7 Å². The number of aromatic amines is 1. The van der Waals surface area contributed by atoms with Gasteiger partial charge in [0.25, 0.3) is 5.91 Å². The van der Waals surface area contributed by atoms with Gasteiger partial charge in [-0.2, -0.15) is 0 Å². The number of H-pyrrole nitrogens is 1. The monoisotopic (exact) mass is 341 g/mol. The second kappa shape index (κ2) is 5.71. The molecular weight excluding hydrogens is 322 g/mol. The third-order valence-electron chi connectivity index (χ3n) is 5.06. The van der Waals surface area contributed by atoms with Crippen molar-refractivity contribution in [2.75, 3.05) is 0 Å². The van der Waals surface area contributed by atoms with Gasteiger partial charge in [-0.1, -0.05) is 35.9 Å². The van der Waals surface area contributed by atoms with Crippen LogP contribution in [0.5, 0.6) is 0 Å². The van der Waals surface area contributed by atoms with E-state index in [1.54, 1.807) is 0 Å². The zero-order valence-corrected chi connectivity index (χ0v) is 14.3. The van der Waals surface area contributed by atoms with Crippen molar-refractivity contribution < 1.29 is 4.79 Å². The van der Waals surface area contributed by atoms with Crippen LogP contribution in [-0.4, -0.2) is 21.3 Å². The lowest BCUT2D eigenvalue weighted by Crippen LogP contribution is -2.42. The van der Waals surface area contributed by atoms with Crippen molar-refractivity contribution in [1.29, 1.82) is 0 Å². The minimum Gasteiger partial charge on any atom is -0.364 e. The summed E-state index contributed by atoms with van der Waals surface area (Å²) in [5.74, 6) is -0.425. The molecule has 24 heavy (non-hydrogen) atoms. The van der Waals surface area contributed by atoms with Gasteiger partial charge in [0.1, 0.15) is 11.2 Å². The van der Waals surface area contributed by atoms with Gasteiger partial charge in [-0.25, -0.2) is 0 Å². The number of aromatic nitrogens is 1. The minimum absolute atomic E-state index is 0.0334. The maximum absolute atomic E-state index is 12.1. The SMILES string of the molecule is CC1=C(C(N)=O)N(C2CCCc3c2[nH]c2ccccc32)C(Cl)C=C1. The van der Waals surface area contributed by atoms with Gasteiger partial charge < -0.3 is 15.6 Å². The molecule has 4 nitrogen and oxygen atoms in total. The third kappa shape index (κ3) is 2.25. The molecule has 1 aliphatic carbocycles. The molecule has 0 bridgehead atoms. The van der Waals surface area contributed by atoms with Gasteiger partial charge in [-0.15, -0.1) is 0 Å². The summed E-state index contributed by atoms with van der Waals surface area (Å²) in [6.45, 7) is 1.90. The Morgan fingerprint density at radius 2 is 2.17 bits per heavy atom. The van der Waals surface area contributed by atoms with E-state index in [2.05, 4.69) is 23.2 Å². The maximum Gasteiger partial charge on any atom is 0.265 e. The lowest BCUT2D eigenvalue weighted by atomic mass is 9.89. The van der Waals surface area contributed by atoms with E-state index in [4.69, 9.17) is 17.3 Å². The average Bonchev–Trinajstić information content (AvgIpc) is 2.95. The first kappa shape index (κ1) is 15.3. The highest BCUT2D eigenvalue weighted by atomic mass is 35.5. The number of fused-ring (bicyclic) bond motifs is 3. The number of nitrogens with one attached hydrogen (secondary N) is 1. The van der Waals surface area contributed by atoms with E-state index in [-0.39, 0.29) is 11.5 Å². The fraction of sp³-hybridized carbons (Fsp3) is 0.316. The maximum atomic E-state index is 12.1. The predicted molar refractivity (Wildman–Crippen MR) is 96.5 cm³/mol. The number of hydrogen-bond acceptors (Lipinski definition) is 2. The van der Waals surface area contributed by atoms with Gasteiger partial charge in [-0.05, 0) is 49.5 Å². The molecule has 3 N–H and O–H groups in total. The number of amides is 1. The zero-order valence-electron chi connectivity index (χ0n) is 13.6. The van der Waals surface area contributed by atoms with Crippen molar-refractivity contribution in [3.63, 3.8) is 0 Å². The topological polar surface area (TPSA) is 62.1 Å². The smallest absolute Gasteiger partial charge is 0.265 e. The third-order valence-corrected chi connectivity index (χ3v) is 5.41. The minimum atomic E-state index is -0.425. The molecule has 4 rings (SSSR count). The summed E-state index contributed by atoms with van der Waals surface area (Å²) < 4.78 is 0. The molecule has 1 aliphatic heterocycles. The molecule has 5 heteroatoms. The van der Waals surface area contributed by atoms with E-state index in [0.717, 1.165) is 36.0 Å². The summed E-state index contributed by atoms with van der Waals surface area (Å²) in [4.78, 5) is 17.6. The van der Waals surface area contributed by atoms with E-state index in [0.29, 0.717) is 5.70 Å². The molecule has 1 amide bonds. The molecule has 2 aliphatic rings. The van der Waals surface area contributed by atoms with Crippen LogP contribution < -0.4 is 5.73 Å². The first-order valence-corrected chi connectivity index (χ1v) is 8.72. The molecular formula is C19H20ClN3O. The Bertz CT molecular complexity index is 880. The molecule has 0 fully saturated rings. The Morgan fingerprint density at radius 1 is 1.38 bits per heavy atom. The molecule has 0 radical (unpaired) electrons. The van der Waals surface area contributed by atoms with Crippen molar-refractivity contribution in [2.45, 2.75) is 37.7 Å². The lowest BCUT2D eigenvalue weighted by molar-refractivity contribution is -0.116. The van der Waals surface area contributed by atoms with Crippen LogP contribution in [-0.2, 0) is 11.2 Å². The first-order chi connectivity index (χ1) is 11.6. The van der Waals surface area contributed by atoms with E-state index < -0.39 is 5.91 Å². The Kier molecular flexibility index (Phi) is 3.65. The lowest BCUT2D eigenvalue weighted by Gasteiger charge is -2.40. The molecule has 0 spiro atoms. The number of para-hydroxylation sites is 1. The molecule has 1 aromatic carbocycles. The molecule has 1 aromatic heterocycles. The Balaban J connectivity index is 1.86. The van der Waals surface area contributed by atoms with Crippen LogP contribution in [0.3, 0.4) is 0 Å². The number of allylic oxidation sites excluding steroid dienone is 2. The van der Waals surface area contributed by atoms with E-state index in [1.165, 1.54) is 10.9 Å². The Morgan fingerprint density at radius 3 is 2.96 bits per heavy atom. The van der Waals surface area contributed by atoms with Crippen LogP contribution in [0.2, 0.25) is 0 Å². The van der Waals surface area contributed by atoms with E-state index in [9.17, 15) is 4.79 Å². The van der Waals surface area contributed by atoms with Crippen molar-refractivity contribution in [3.05, 3.63) is 58.9 Å². The second-order valence-electron chi connectivity index (χ2n) is 6.51. The van der Waals surface area contributed by atoms with Gasteiger partial charge in [0.15, 0.2) is 0 Å². The number of carbonyl (C=O) groups excluding carboxylic acids is 1. The summed E-state index contributed by atoms with van der Waals surface area (Å²) >= 11 is 6.57. The molecule has 0 saturated carbocycles. The Labute approximate surface area is 146 Å². The van der Waals surface area contributed by atoms with Gasteiger partial charge >= 0.3 is 0 Å². The van der Waals surface area contributed by atoms with Crippen LogP contribution in [0.1, 0.15) is 37.1 Å². The number of hydrogen-bond donors (Lipinski definition) is 2.